The number of halogens is 1. The molecule has 0 aliphatic carbocycles. The molecule has 0 radical (unpaired) electrons. The smallest absolute Gasteiger partial charge is 0.264 e. The lowest BCUT2D eigenvalue weighted by Gasteiger charge is -2.33. The molecule has 1 N–H and O–H groups in total. The average molecular weight is 615 g/mol. The summed E-state index contributed by atoms with van der Waals surface area (Å²) < 4.78 is 29.4. The number of nitrogens with one attached hydrogen (secondary N) is 1. The van der Waals surface area contributed by atoms with E-state index in [-0.39, 0.29) is 23.4 Å². The lowest BCUT2D eigenvalue weighted by Crippen LogP contribution is -2.53. The molecular weight excluding hydrogens is 578 g/mol. The number of nitrogens with zero attached hydrogens (tertiary/aromatic N) is 2. The Bertz CT molecular complexity index is 1360. The predicted molar refractivity (Wildman–Crippen MR) is 159 cm³/mol. The molecule has 3 aromatic rings. The maximum Gasteiger partial charge on any atom is 0.264 e. The van der Waals surface area contributed by atoms with Crippen molar-refractivity contribution in [2.45, 2.75) is 64.1 Å². The Labute approximate surface area is 240 Å². The molecular formula is C30H36BrN3O4S. The van der Waals surface area contributed by atoms with Gasteiger partial charge < -0.3 is 10.2 Å². The van der Waals surface area contributed by atoms with Gasteiger partial charge in [-0.15, -0.1) is 0 Å². The number of aryl methyl sites for hydroxylation is 1. The minimum absolute atomic E-state index is 0.0560. The van der Waals surface area contributed by atoms with Gasteiger partial charge in [-0.2, -0.15) is 0 Å². The number of amides is 2. The highest BCUT2D eigenvalue weighted by Crippen LogP contribution is 2.27. The van der Waals surface area contributed by atoms with Crippen LogP contribution in [-0.2, 0) is 26.2 Å². The van der Waals surface area contributed by atoms with Crippen LogP contribution in [0.15, 0.2) is 88.2 Å². The number of carbonyl (C=O) groups excluding carboxylic acids is 2. The van der Waals surface area contributed by atoms with Gasteiger partial charge in [0.2, 0.25) is 11.8 Å². The SMILES string of the molecule is CC[C@@H](C)NC(=O)[C@@H](CC)N(Cc1ccc(C)cc1)C(=O)CN(c1cccc(Br)c1)S(=O)(=O)c1ccccc1. The summed E-state index contributed by atoms with van der Waals surface area (Å²) in [7, 11) is -4.09. The van der Waals surface area contributed by atoms with E-state index in [4.69, 9.17) is 0 Å². The van der Waals surface area contributed by atoms with Gasteiger partial charge in [0.25, 0.3) is 10.0 Å². The van der Waals surface area contributed by atoms with Crippen LogP contribution in [0.5, 0.6) is 0 Å². The first kappa shape index (κ1) is 30.4. The second-order valence-corrected chi connectivity index (χ2v) is 12.3. The van der Waals surface area contributed by atoms with Crippen molar-refractivity contribution >= 4 is 43.5 Å². The Hall–Kier alpha value is -3.17. The number of hydrogen-bond donors (Lipinski definition) is 1. The summed E-state index contributed by atoms with van der Waals surface area (Å²) in [5.41, 5.74) is 2.27. The van der Waals surface area contributed by atoms with Gasteiger partial charge in [0, 0.05) is 17.1 Å². The third-order valence-corrected chi connectivity index (χ3v) is 8.85. The van der Waals surface area contributed by atoms with E-state index in [1.807, 2.05) is 52.0 Å². The number of rotatable bonds is 12. The maximum atomic E-state index is 14.0. The van der Waals surface area contributed by atoms with E-state index in [0.717, 1.165) is 21.9 Å². The van der Waals surface area contributed by atoms with Crippen molar-refractivity contribution in [1.29, 1.82) is 0 Å². The van der Waals surface area contributed by atoms with E-state index in [1.54, 1.807) is 42.5 Å². The van der Waals surface area contributed by atoms with E-state index in [1.165, 1.54) is 17.0 Å². The van der Waals surface area contributed by atoms with Gasteiger partial charge in [-0.25, -0.2) is 8.42 Å². The number of anilines is 1. The van der Waals surface area contributed by atoms with Crippen LogP contribution in [0.3, 0.4) is 0 Å². The van der Waals surface area contributed by atoms with Crippen molar-refractivity contribution in [1.82, 2.24) is 10.2 Å². The molecule has 0 unspecified atom stereocenters. The minimum atomic E-state index is -4.09. The molecule has 0 spiro atoms. The lowest BCUT2D eigenvalue weighted by atomic mass is 10.1. The highest BCUT2D eigenvalue weighted by atomic mass is 79.9. The molecule has 0 saturated carbocycles. The number of sulfonamides is 1. The summed E-state index contributed by atoms with van der Waals surface area (Å²) in [6, 6.07) is 21.8. The Balaban J connectivity index is 2.04. The molecule has 2 atom stereocenters. The van der Waals surface area contributed by atoms with E-state index in [0.29, 0.717) is 16.6 Å². The number of hydrogen-bond acceptors (Lipinski definition) is 4. The van der Waals surface area contributed by atoms with Crippen molar-refractivity contribution < 1.29 is 18.0 Å². The van der Waals surface area contributed by atoms with Crippen molar-refractivity contribution in [3.8, 4) is 0 Å². The lowest BCUT2D eigenvalue weighted by molar-refractivity contribution is -0.140. The fourth-order valence-corrected chi connectivity index (χ4v) is 5.94. The summed E-state index contributed by atoms with van der Waals surface area (Å²) in [6.45, 7) is 7.42. The highest BCUT2D eigenvalue weighted by molar-refractivity contribution is 9.10. The summed E-state index contributed by atoms with van der Waals surface area (Å²) in [5.74, 6) is -0.728. The number of benzene rings is 3. The van der Waals surface area contributed by atoms with Gasteiger partial charge in [0.1, 0.15) is 12.6 Å². The van der Waals surface area contributed by atoms with Crippen molar-refractivity contribution in [3.05, 3.63) is 94.5 Å². The van der Waals surface area contributed by atoms with Gasteiger partial charge >= 0.3 is 0 Å². The summed E-state index contributed by atoms with van der Waals surface area (Å²) in [4.78, 5) is 28.9. The second kappa shape index (κ2) is 13.8. The first-order valence-electron chi connectivity index (χ1n) is 13.1. The van der Waals surface area contributed by atoms with E-state index in [9.17, 15) is 18.0 Å². The third-order valence-electron chi connectivity index (χ3n) is 6.57. The summed E-state index contributed by atoms with van der Waals surface area (Å²) in [5, 5.41) is 2.99. The monoisotopic (exact) mass is 613 g/mol. The molecule has 0 aliphatic rings. The molecule has 0 heterocycles. The fourth-order valence-electron chi connectivity index (χ4n) is 4.13. The molecule has 3 aromatic carbocycles. The van der Waals surface area contributed by atoms with E-state index < -0.39 is 28.5 Å². The average Bonchev–Trinajstić information content (AvgIpc) is 2.92. The third kappa shape index (κ3) is 7.92. The Morgan fingerprint density at radius 3 is 2.18 bits per heavy atom. The number of carbonyl (C=O) groups is 2. The topological polar surface area (TPSA) is 86.8 Å². The normalized spacial score (nSPS) is 12.8. The molecule has 2 amide bonds. The first-order chi connectivity index (χ1) is 18.6. The van der Waals surface area contributed by atoms with Gasteiger partial charge in [0.15, 0.2) is 0 Å². The van der Waals surface area contributed by atoms with Crippen LogP contribution in [0.1, 0.15) is 44.7 Å². The standard InChI is InChI=1S/C30H36BrN3O4S/c1-5-23(4)32-30(36)28(6-2)33(20-24-17-15-22(3)16-18-24)29(35)21-34(26-12-10-11-25(31)19-26)39(37,38)27-13-8-7-9-14-27/h7-19,23,28H,5-6,20-21H2,1-4H3,(H,32,36)/t23-,28-/m1/s1. The zero-order valence-corrected chi connectivity index (χ0v) is 25.2. The fraction of sp³-hybridized carbons (Fsp3) is 0.333. The van der Waals surface area contributed by atoms with Gasteiger partial charge in [-0.1, -0.05) is 83.9 Å². The molecule has 7 nitrogen and oxygen atoms in total. The van der Waals surface area contributed by atoms with Crippen molar-refractivity contribution in [2.75, 3.05) is 10.8 Å². The molecule has 0 aromatic heterocycles. The summed E-state index contributed by atoms with van der Waals surface area (Å²) in [6.07, 6.45) is 1.13. The van der Waals surface area contributed by atoms with Crippen LogP contribution in [0, 0.1) is 6.92 Å². The van der Waals surface area contributed by atoms with Crippen molar-refractivity contribution in [3.63, 3.8) is 0 Å². The molecule has 0 aliphatic heterocycles. The maximum absolute atomic E-state index is 14.0. The van der Waals surface area contributed by atoms with Gasteiger partial charge in [0.05, 0.1) is 10.6 Å². The molecule has 0 saturated heterocycles. The Morgan fingerprint density at radius 1 is 0.923 bits per heavy atom. The van der Waals surface area contributed by atoms with Crippen LogP contribution >= 0.6 is 15.9 Å². The van der Waals surface area contributed by atoms with Crippen LogP contribution < -0.4 is 9.62 Å². The van der Waals surface area contributed by atoms with E-state index in [2.05, 4.69) is 21.2 Å². The van der Waals surface area contributed by atoms with E-state index >= 15 is 0 Å². The Morgan fingerprint density at radius 2 is 1.59 bits per heavy atom. The molecule has 0 bridgehead atoms. The van der Waals surface area contributed by atoms with Crippen LogP contribution in [-0.4, -0.2) is 43.8 Å². The molecule has 208 valence electrons. The van der Waals surface area contributed by atoms with Crippen molar-refractivity contribution in [2.24, 2.45) is 0 Å². The van der Waals surface area contributed by atoms with Gasteiger partial charge in [-0.05, 0) is 62.6 Å². The zero-order chi connectivity index (χ0) is 28.6. The zero-order valence-electron chi connectivity index (χ0n) is 22.8. The molecule has 3 rings (SSSR count). The van der Waals surface area contributed by atoms with Crippen LogP contribution in [0.25, 0.3) is 0 Å². The quantitative estimate of drug-likeness (QED) is 0.285. The Kier molecular flexibility index (Phi) is 10.7. The largest absolute Gasteiger partial charge is 0.352 e. The van der Waals surface area contributed by atoms with Gasteiger partial charge in [-0.3, -0.25) is 13.9 Å². The second-order valence-electron chi connectivity index (χ2n) is 9.55. The molecule has 9 heteroatoms. The molecule has 39 heavy (non-hydrogen) atoms. The first-order valence-corrected chi connectivity index (χ1v) is 15.3. The minimum Gasteiger partial charge on any atom is -0.352 e. The van der Waals surface area contributed by atoms with Crippen LogP contribution in [0.2, 0.25) is 0 Å². The van der Waals surface area contributed by atoms with Crippen LogP contribution in [0.4, 0.5) is 5.69 Å². The highest BCUT2D eigenvalue weighted by Gasteiger charge is 2.34. The molecule has 0 fully saturated rings. The predicted octanol–water partition coefficient (Wildman–Crippen LogP) is 5.67. The summed E-state index contributed by atoms with van der Waals surface area (Å²) >= 11 is 3.41.